The molecule has 0 bridgehead atoms. The highest BCUT2D eigenvalue weighted by atomic mass is 32.2. The van der Waals surface area contributed by atoms with Crippen molar-refractivity contribution in [2.24, 2.45) is 0 Å². The van der Waals surface area contributed by atoms with E-state index in [9.17, 15) is 17.2 Å². The third kappa shape index (κ3) is 3.91. The quantitative estimate of drug-likeness (QED) is 0.652. The zero-order valence-corrected chi connectivity index (χ0v) is 14.9. The highest BCUT2D eigenvalue weighted by Gasteiger charge is 2.25. The van der Waals surface area contributed by atoms with Gasteiger partial charge in [0, 0.05) is 0 Å². The molecule has 134 valence electrons. The van der Waals surface area contributed by atoms with Crippen molar-refractivity contribution in [1.29, 1.82) is 0 Å². The number of nitrogens with zero attached hydrogens (tertiary/aromatic N) is 1. The van der Waals surface area contributed by atoms with E-state index < -0.39 is 21.7 Å². The molecule has 0 atom stereocenters. The summed E-state index contributed by atoms with van der Waals surface area (Å²) >= 11 is 0. The molecule has 26 heavy (non-hydrogen) atoms. The van der Waals surface area contributed by atoms with Crippen molar-refractivity contribution in [2.45, 2.75) is 18.4 Å². The van der Waals surface area contributed by atoms with Crippen molar-refractivity contribution in [3.05, 3.63) is 95.6 Å². The maximum Gasteiger partial charge on any atom is 0.264 e. The summed E-state index contributed by atoms with van der Waals surface area (Å²) < 4.78 is 54.5. The molecule has 0 aliphatic rings. The molecule has 0 spiro atoms. The third-order valence-electron chi connectivity index (χ3n) is 3.92. The van der Waals surface area contributed by atoms with Crippen LogP contribution in [0.1, 0.15) is 11.1 Å². The van der Waals surface area contributed by atoms with Crippen molar-refractivity contribution < 1.29 is 17.2 Å². The van der Waals surface area contributed by atoms with Gasteiger partial charge in [0.15, 0.2) is 0 Å². The molecule has 3 nitrogen and oxygen atoms in total. The van der Waals surface area contributed by atoms with Crippen LogP contribution in [0.2, 0.25) is 0 Å². The zero-order valence-electron chi connectivity index (χ0n) is 14.1. The van der Waals surface area contributed by atoms with Crippen molar-refractivity contribution in [3.8, 4) is 0 Å². The molecule has 0 fully saturated rings. The van der Waals surface area contributed by atoms with Crippen LogP contribution in [-0.2, 0) is 16.6 Å². The van der Waals surface area contributed by atoms with E-state index in [1.807, 2.05) is 6.92 Å². The first-order valence-electron chi connectivity index (χ1n) is 7.96. The molecule has 0 aliphatic carbocycles. The molecular weight excluding hydrogens is 356 g/mol. The van der Waals surface area contributed by atoms with Crippen molar-refractivity contribution in [1.82, 2.24) is 0 Å². The molecule has 0 heterocycles. The van der Waals surface area contributed by atoms with Gasteiger partial charge >= 0.3 is 0 Å². The fourth-order valence-corrected chi connectivity index (χ4v) is 4.07. The Morgan fingerprint density at radius 3 is 2.08 bits per heavy atom. The Kier molecular flexibility index (Phi) is 5.04. The summed E-state index contributed by atoms with van der Waals surface area (Å²) in [6.07, 6.45) is 0. The summed E-state index contributed by atoms with van der Waals surface area (Å²) in [7, 11) is -4.03. The van der Waals surface area contributed by atoms with Crippen LogP contribution < -0.4 is 4.31 Å². The van der Waals surface area contributed by atoms with E-state index in [0.717, 1.165) is 15.9 Å². The number of hydrogen-bond acceptors (Lipinski definition) is 2. The molecule has 3 aromatic rings. The minimum atomic E-state index is -4.03. The predicted molar refractivity (Wildman–Crippen MR) is 97.3 cm³/mol. The van der Waals surface area contributed by atoms with Crippen molar-refractivity contribution >= 4 is 15.7 Å². The van der Waals surface area contributed by atoms with Crippen molar-refractivity contribution in [3.63, 3.8) is 0 Å². The van der Waals surface area contributed by atoms with Gasteiger partial charge in [-0.05, 0) is 55.0 Å². The Morgan fingerprint density at radius 1 is 0.846 bits per heavy atom. The van der Waals surface area contributed by atoms with Gasteiger partial charge in [-0.2, -0.15) is 0 Å². The Hall–Kier alpha value is -2.73. The van der Waals surface area contributed by atoms with E-state index in [2.05, 4.69) is 0 Å². The zero-order chi connectivity index (χ0) is 18.7. The summed E-state index contributed by atoms with van der Waals surface area (Å²) in [6, 6.07) is 17.5. The molecule has 0 radical (unpaired) electrons. The summed E-state index contributed by atoms with van der Waals surface area (Å²) in [5, 5.41) is 0. The minimum Gasteiger partial charge on any atom is -0.262 e. The summed E-state index contributed by atoms with van der Waals surface area (Å²) in [5.41, 5.74) is 1.89. The second-order valence-electron chi connectivity index (χ2n) is 5.93. The van der Waals surface area contributed by atoms with Gasteiger partial charge in [-0.3, -0.25) is 4.31 Å². The Morgan fingerprint density at radius 2 is 1.46 bits per heavy atom. The summed E-state index contributed by atoms with van der Waals surface area (Å²) in [4.78, 5) is -0.158. The van der Waals surface area contributed by atoms with Gasteiger partial charge in [-0.1, -0.05) is 35.9 Å². The fraction of sp³-hybridized carbons (Fsp3) is 0.100. The van der Waals surface area contributed by atoms with E-state index in [1.54, 1.807) is 30.3 Å². The van der Waals surface area contributed by atoms with Crippen LogP contribution in [0.25, 0.3) is 0 Å². The molecule has 0 aliphatic heterocycles. The Labute approximate surface area is 151 Å². The Bertz CT molecular complexity index is 1020. The molecule has 3 rings (SSSR count). The van der Waals surface area contributed by atoms with Gasteiger partial charge in [-0.15, -0.1) is 0 Å². The van der Waals surface area contributed by atoms with Gasteiger partial charge in [0.25, 0.3) is 10.0 Å². The number of benzene rings is 3. The number of halogens is 2. The monoisotopic (exact) mass is 373 g/mol. The first-order chi connectivity index (χ1) is 12.4. The fourth-order valence-electron chi connectivity index (χ4n) is 2.58. The number of anilines is 1. The number of aryl methyl sites for hydroxylation is 1. The molecule has 0 saturated heterocycles. The Balaban J connectivity index is 2.09. The van der Waals surface area contributed by atoms with Gasteiger partial charge in [0.2, 0.25) is 0 Å². The molecule has 0 aromatic heterocycles. The second kappa shape index (κ2) is 7.25. The molecule has 0 amide bonds. The highest BCUT2D eigenvalue weighted by molar-refractivity contribution is 7.92. The van der Waals surface area contributed by atoms with Crippen LogP contribution in [0.15, 0.2) is 77.7 Å². The lowest BCUT2D eigenvalue weighted by Crippen LogP contribution is -2.30. The standard InChI is InChI=1S/C20H17F2NO2S/c1-15-8-10-19(11-9-15)23(14-16-4-2-5-17(21)12-16)26(24,25)20-7-3-6-18(22)13-20/h2-13H,14H2,1H3. The molecule has 0 N–H and O–H groups in total. The van der Waals surface area contributed by atoms with Crippen LogP contribution >= 0.6 is 0 Å². The van der Waals surface area contributed by atoms with Gasteiger partial charge in [-0.25, -0.2) is 17.2 Å². The van der Waals surface area contributed by atoms with Crippen LogP contribution in [0.4, 0.5) is 14.5 Å². The number of rotatable bonds is 5. The maximum atomic E-state index is 13.6. The van der Waals surface area contributed by atoms with E-state index in [-0.39, 0.29) is 11.4 Å². The average Bonchev–Trinajstić information content (AvgIpc) is 2.60. The van der Waals surface area contributed by atoms with Gasteiger partial charge in [0.05, 0.1) is 17.1 Å². The molecule has 3 aromatic carbocycles. The van der Waals surface area contributed by atoms with E-state index in [0.29, 0.717) is 11.3 Å². The molecule has 0 unspecified atom stereocenters. The van der Waals surface area contributed by atoms with E-state index >= 15 is 0 Å². The smallest absolute Gasteiger partial charge is 0.262 e. The normalized spacial score (nSPS) is 11.3. The largest absolute Gasteiger partial charge is 0.264 e. The molecular formula is C20H17F2NO2S. The van der Waals surface area contributed by atoms with Crippen LogP contribution in [0.5, 0.6) is 0 Å². The lowest BCUT2D eigenvalue weighted by atomic mass is 10.2. The van der Waals surface area contributed by atoms with Gasteiger partial charge < -0.3 is 0 Å². The average molecular weight is 373 g/mol. The SMILES string of the molecule is Cc1ccc(N(Cc2cccc(F)c2)S(=O)(=O)c2cccc(F)c2)cc1. The predicted octanol–water partition coefficient (Wildman–Crippen LogP) is 4.67. The first kappa shape index (κ1) is 18.1. The van der Waals surface area contributed by atoms with Crippen LogP contribution in [0.3, 0.4) is 0 Å². The second-order valence-corrected chi connectivity index (χ2v) is 7.80. The first-order valence-corrected chi connectivity index (χ1v) is 9.40. The van der Waals surface area contributed by atoms with Gasteiger partial charge in [0.1, 0.15) is 11.6 Å². The lowest BCUT2D eigenvalue weighted by molar-refractivity contribution is 0.585. The number of hydrogen-bond donors (Lipinski definition) is 0. The maximum absolute atomic E-state index is 13.6. The van der Waals surface area contributed by atoms with Crippen LogP contribution in [-0.4, -0.2) is 8.42 Å². The number of sulfonamides is 1. The summed E-state index contributed by atoms with van der Waals surface area (Å²) in [6.45, 7) is 1.82. The lowest BCUT2D eigenvalue weighted by Gasteiger charge is -2.25. The third-order valence-corrected chi connectivity index (χ3v) is 5.69. The minimum absolute atomic E-state index is 0.0698. The highest BCUT2D eigenvalue weighted by Crippen LogP contribution is 2.27. The summed E-state index contributed by atoms with van der Waals surface area (Å²) in [5.74, 6) is -1.09. The van der Waals surface area contributed by atoms with Crippen LogP contribution in [0, 0.1) is 18.6 Å². The van der Waals surface area contributed by atoms with E-state index in [1.165, 1.54) is 36.4 Å². The van der Waals surface area contributed by atoms with Crippen molar-refractivity contribution in [2.75, 3.05) is 4.31 Å². The molecule has 6 heteroatoms. The topological polar surface area (TPSA) is 37.4 Å². The molecule has 0 saturated carbocycles. The van der Waals surface area contributed by atoms with E-state index in [4.69, 9.17) is 0 Å².